The third-order valence-corrected chi connectivity index (χ3v) is 2.30. The van der Waals surface area contributed by atoms with Gasteiger partial charge in [0.05, 0.1) is 5.69 Å². The molecule has 0 saturated carbocycles. The molecule has 5 nitrogen and oxygen atoms in total. The molecule has 0 bridgehead atoms. The number of tetrazole rings is 1. The highest BCUT2D eigenvalue weighted by molar-refractivity contribution is 5.49. The molecular weight excluding hydrogens is 228 g/mol. The van der Waals surface area contributed by atoms with E-state index in [9.17, 15) is 8.78 Å². The lowest BCUT2D eigenvalue weighted by molar-refractivity contribution is 0.569. The number of nitrogens with two attached hydrogens (primary N) is 1. The van der Waals surface area contributed by atoms with Crippen LogP contribution in [0.15, 0.2) is 12.1 Å². The van der Waals surface area contributed by atoms with Crippen LogP contribution in [0.2, 0.25) is 0 Å². The molecule has 2 aromatic rings. The molecule has 0 unspecified atom stereocenters. The monoisotopic (exact) mass is 239 g/mol. The summed E-state index contributed by atoms with van der Waals surface area (Å²) in [6.07, 6.45) is 0. The Hall–Kier alpha value is -2.05. The highest BCUT2D eigenvalue weighted by Crippen LogP contribution is 2.22. The summed E-state index contributed by atoms with van der Waals surface area (Å²) in [6.45, 7) is 3.74. The van der Waals surface area contributed by atoms with Gasteiger partial charge >= 0.3 is 0 Å². The van der Waals surface area contributed by atoms with Crippen molar-refractivity contribution < 1.29 is 8.78 Å². The van der Waals surface area contributed by atoms with Gasteiger partial charge in [-0.25, -0.2) is 8.78 Å². The molecule has 0 radical (unpaired) electrons. The number of halogens is 2. The quantitative estimate of drug-likeness (QED) is 0.809. The number of hydrogen-bond acceptors (Lipinski definition) is 4. The van der Waals surface area contributed by atoms with E-state index in [1.807, 2.05) is 13.8 Å². The molecule has 1 aromatic carbocycles. The van der Waals surface area contributed by atoms with E-state index >= 15 is 0 Å². The standard InChI is InChI=1S/C10H11F2N5/c1-5(2)10-14-15-16-17(10)9-4-8(13)6(11)3-7(9)12/h3-5H,13H2,1-2H3. The van der Waals surface area contributed by atoms with Crippen LogP contribution in [0, 0.1) is 11.6 Å². The molecular formula is C10H11F2N5. The van der Waals surface area contributed by atoms with Gasteiger partial charge in [-0.3, -0.25) is 0 Å². The number of anilines is 1. The van der Waals surface area contributed by atoms with Crippen LogP contribution < -0.4 is 5.73 Å². The number of hydrogen-bond donors (Lipinski definition) is 1. The number of nitrogen functional groups attached to an aromatic ring is 1. The molecule has 0 aliphatic rings. The van der Waals surface area contributed by atoms with Gasteiger partial charge in [-0.05, 0) is 16.5 Å². The molecule has 0 fully saturated rings. The fourth-order valence-electron chi connectivity index (χ4n) is 1.44. The highest BCUT2D eigenvalue weighted by Gasteiger charge is 2.16. The largest absolute Gasteiger partial charge is 0.396 e. The number of aromatic nitrogens is 4. The van der Waals surface area contributed by atoms with E-state index in [4.69, 9.17) is 5.73 Å². The molecule has 0 aliphatic carbocycles. The summed E-state index contributed by atoms with van der Waals surface area (Å²) in [7, 11) is 0. The fourth-order valence-corrected chi connectivity index (χ4v) is 1.44. The van der Waals surface area contributed by atoms with Crippen LogP contribution in [-0.2, 0) is 0 Å². The maximum absolute atomic E-state index is 13.6. The molecule has 0 saturated heterocycles. The minimum atomic E-state index is -0.801. The van der Waals surface area contributed by atoms with E-state index in [1.54, 1.807) is 0 Å². The molecule has 1 heterocycles. The van der Waals surface area contributed by atoms with Gasteiger partial charge in [0.2, 0.25) is 0 Å². The minimum absolute atomic E-state index is 0.00989. The zero-order valence-electron chi connectivity index (χ0n) is 9.35. The van der Waals surface area contributed by atoms with Gasteiger partial charge in [-0.15, -0.1) is 5.10 Å². The van der Waals surface area contributed by atoms with E-state index in [0.29, 0.717) is 5.82 Å². The lowest BCUT2D eigenvalue weighted by Gasteiger charge is -2.08. The molecule has 17 heavy (non-hydrogen) atoms. The van der Waals surface area contributed by atoms with Crippen LogP contribution >= 0.6 is 0 Å². The van der Waals surface area contributed by atoms with Crippen LogP contribution in [0.3, 0.4) is 0 Å². The summed E-state index contributed by atoms with van der Waals surface area (Å²) in [5.41, 5.74) is 5.29. The average Bonchev–Trinajstić information content (AvgIpc) is 2.72. The van der Waals surface area contributed by atoms with Gasteiger partial charge < -0.3 is 5.73 Å². The van der Waals surface area contributed by atoms with E-state index in [1.165, 1.54) is 10.7 Å². The fraction of sp³-hybridized carbons (Fsp3) is 0.300. The Balaban J connectivity index is 2.60. The molecule has 7 heteroatoms. The van der Waals surface area contributed by atoms with Gasteiger partial charge in [0.25, 0.3) is 0 Å². The molecule has 0 aliphatic heterocycles. The van der Waals surface area contributed by atoms with Crippen molar-refractivity contribution in [3.63, 3.8) is 0 Å². The summed E-state index contributed by atoms with van der Waals surface area (Å²) >= 11 is 0. The Bertz CT molecular complexity index is 550. The van der Waals surface area contributed by atoms with Crippen molar-refractivity contribution in [3.05, 3.63) is 29.6 Å². The summed E-state index contributed by atoms with van der Waals surface area (Å²) in [6, 6.07) is 1.89. The van der Waals surface area contributed by atoms with Crippen molar-refractivity contribution in [3.8, 4) is 5.69 Å². The first-order chi connectivity index (χ1) is 8.00. The molecule has 2 rings (SSSR count). The predicted molar refractivity (Wildman–Crippen MR) is 57.6 cm³/mol. The first-order valence-electron chi connectivity index (χ1n) is 5.04. The van der Waals surface area contributed by atoms with Crippen molar-refractivity contribution in [2.45, 2.75) is 19.8 Å². The third kappa shape index (κ3) is 1.95. The average molecular weight is 239 g/mol. The van der Waals surface area contributed by atoms with Crippen molar-refractivity contribution in [2.75, 3.05) is 5.73 Å². The van der Waals surface area contributed by atoms with E-state index in [2.05, 4.69) is 15.5 Å². The van der Waals surface area contributed by atoms with Crippen LogP contribution in [0.25, 0.3) is 5.69 Å². The van der Waals surface area contributed by atoms with Crippen molar-refractivity contribution in [1.29, 1.82) is 0 Å². The zero-order valence-corrected chi connectivity index (χ0v) is 9.35. The van der Waals surface area contributed by atoms with Crippen LogP contribution in [0.5, 0.6) is 0 Å². The minimum Gasteiger partial charge on any atom is -0.396 e. The molecule has 90 valence electrons. The number of rotatable bonds is 2. The van der Waals surface area contributed by atoms with E-state index in [-0.39, 0.29) is 17.3 Å². The molecule has 1 aromatic heterocycles. The summed E-state index contributed by atoms with van der Waals surface area (Å²) in [5.74, 6) is -1.07. The maximum Gasteiger partial charge on any atom is 0.159 e. The maximum atomic E-state index is 13.6. The number of benzene rings is 1. The lowest BCUT2D eigenvalue weighted by Crippen LogP contribution is -2.08. The first-order valence-corrected chi connectivity index (χ1v) is 5.04. The summed E-state index contributed by atoms with van der Waals surface area (Å²) < 4.78 is 27.9. The predicted octanol–water partition coefficient (Wildman–Crippen LogP) is 1.65. The Morgan fingerprint density at radius 2 is 1.94 bits per heavy atom. The second kappa shape index (κ2) is 4.08. The smallest absolute Gasteiger partial charge is 0.159 e. The van der Waals surface area contributed by atoms with E-state index in [0.717, 1.165) is 6.07 Å². The Morgan fingerprint density at radius 3 is 2.59 bits per heavy atom. The van der Waals surface area contributed by atoms with Crippen LogP contribution in [-0.4, -0.2) is 20.2 Å². The second-order valence-corrected chi connectivity index (χ2v) is 3.93. The highest BCUT2D eigenvalue weighted by atomic mass is 19.1. The van der Waals surface area contributed by atoms with Gasteiger partial charge in [0.15, 0.2) is 11.6 Å². The molecule has 0 spiro atoms. The Kier molecular flexibility index (Phi) is 2.74. The summed E-state index contributed by atoms with van der Waals surface area (Å²) in [4.78, 5) is 0. The molecule has 0 atom stereocenters. The Morgan fingerprint density at radius 1 is 1.24 bits per heavy atom. The topological polar surface area (TPSA) is 69.6 Å². The zero-order chi connectivity index (χ0) is 12.6. The van der Waals surface area contributed by atoms with Crippen molar-refractivity contribution >= 4 is 5.69 Å². The lowest BCUT2D eigenvalue weighted by atomic mass is 10.2. The van der Waals surface area contributed by atoms with Gasteiger partial charge in [0, 0.05) is 12.0 Å². The van der Waals surface area contributed by atoms with Crippen LogP contribution in [0.4, 0.5) is 14.5 Å². The van der Waals surface area contributed by atoms with Crippen LogP contribution in [0.1, 0.15) is 25.6 Å². The number of nitrogens with zero attached hydrogens (tertiary/aromatic N) is 4. The second-order valence-electron chi connectivity index (χ2n) is 3.93. The summed E-state index contributed by atoms with van der Waals surface area (Å²) in [5, 5.41) is 10.9. The van der Waals surface area contributed by atoms with Crippen molar-refractivity contribution in [1.82, 2.24) is 20.2 Å². The normalized spacial score (nSPS) is 11.1. The van der Waals surface area contributed by atoms with Crippen molar-refractivity contribution in [2.24, 2.45) is 0 Å². The molecule has 0 amide bonds. The van der Waals surface area contributed by atoms with Gasteiger partial charge in [-0.1, -0.05) is 13.8 Å². The third-order valence-electron chi connectivity index (χ3n) is 2.30. The van der Waals surface area contributed by atoms with Gasteiger partial charge in [0.1, 0.15) is 11.5 Å². The SMILES string of the molecule is CC(C)c1nnnn1-c1cc(N)c(F)cc1F. The Labute approximate surface area is 96.2 Å². The van der Waals surface area contributed by atoms with Gasteiger partial charge in [-0.2, -0.15) is 4.68 Å². The first kappa shape index (κ1) is 11.4. The molecule has 2 N–H and O–H groups in total. The van der Waals surface area contributed by atoms with E-state index < -0.39 is 11.6 Å².